The molecule has 0 unspecified atom stereocenters. The predicted octanol–water partition coefficient (Wildman–Crippen LogP) is 3.92. The molecule has 0 spiro atoms. The summed E-state index contributed by atoms with van der Waals surface area (Å²) >= 11 is 0. The van der Waals surface area contributed by atoms with E-state index in [0.29, 0.717) is 0 Å². The van der Waals surface area contributed by atoms with Gasteiger partial charge in [-0.25, -0.2) is 0 Å². The number of aliphatic hydroxyl groups excluding tert-OH is 1. The Hall–Kier alpha value is -0.300. The van der Waals surface area contributed by atoms with E-state index in [9.17, 15) is 0 Å². The molecule has 0 amide bonds. The fraction of sp³-hybridized carbons (Fsp3) is 0.833. The molecule has 0 heterocycles. The van der Waals surface area contributed by atoms with E-state index in [0.717, 1.165) is 6.42 Å². The lowest BCUT2D eigenvalue weighted by molar-refractivity contribution is 0.302. The number of aliphatic hydroxyl groups is 1. The summed E-state index contributed by atoms with van der Waals surface area (Å²) in [6.45, 7) is 6.51. The molecule has 0 atom stereocenters. The van der Waals surface area contributed by atoms with Crippen molar-refractivity contribution in [3.05, 3.63) is 12.2 Å². The lowest BCUT2D eigenvalue weighted by Gasteiger charge is -1.93. The molecular formula is C12H26O. The summed E-state index contributed by atoms with van der Waals surface area (Å²) in [5.74, 6) is 0. The molecule has 0 aliphatic carbocycles. The Labute approximate surface area is 83.9 Å². The summed E-state index contributed by atoms with van der Waals surface area (Å²) in [5.41, 5.74) is 0. The van der Waals surface area contributed by atoms with Gasteiger partial charge in [-0.05, 0) is 19.3 Å². The first-order chi connectivity index (χ1) is 6.41. The molecule has 0 rings (SSSR count). The third-order valence-electron chi connectivity index (χ3n) is 1.69. The fourth-order valence-corrected chi connectivity index (χ4v) is 0.999. The molecule has 0 aromatic rings. The van der Waals surface area contributed by atoms with Crippen molar-refractivity contribution < 1.29 is 5.11 Å². The summed E-state index contributed by atoms with van der Waals surface area (Å²) in [5, 5.41) is 8.46. The molecule has 1 nitrogen and oxygen atoms in total. The van der Waals surface area contributed by atoms with Gasteiger partial charge < -0.3 is 5.11 Å². The number of rotatable bonds is 7. The molecule has 0 aliphatic heterocycles. The second-order valence-corrected chi connectivity index (χ2v) is 2.83. The summed E-state index contributed by atoms with van der Waals surface area (Å²) < 4.78 is 0. The van der Waals surface area contributed by atoms with Crippen LogP contribution in [0, 0.1) is 0 Å². The molecule has 0 fully saturated rings. The molecule has 0 saturated heterocycles. The summed E-state index contributed by atoms with van der Waals surface area (Å²) in [6, 6.07) is 0. The highest BCUT2D eigenvalue weighted by Gasteiger charge is 1.83. The first-order valence-corrected chi connectivity index (χ1v) is 5.67. The molecule has 0 bridgehead atoms. The lowest BCUT2D eigenvalue weighted by Crippen LogP contribution is -1.76. The van der Waals surface area contributed by atoms with Crippen LogP contribution in [0.25, 0.3) is 0 Å². The summed E-state index contributed by atoms with van der Waals surface area (Å²) in [7, 11) is 0. The van der Waals surface area contributed by atoms with Crippen LogP contribution in [0.4, 0.5) is 0 Å². The maximum Gasteiger partial charge on any atom is 0.0465 e. The zero-order chi connectivity index (χ0) is 10.4. The maximum absolute atomic E-state index is 8.46. The zero-order valence-corrected chi connectivity index (χ0v) is 9.55. The topological polar surface area (TPSA) is 20.2 Å². The van der Waals surface area contributed by atoms with Crippen molar-refractivity contribution in [1.29, 1.82) is 0 Å². The molecular weight excluding hydrogens is 160 g/mol. The van der Waals surface area contributed by atoms with Crippen LogP contribution in [0.15, 0.2) is 12.2 Å². The number of hydrogen-bond donors (Lipinski definition) is 1. The summed E-state index contributed by atoms with van der Waals surface area (Å²) in [6.07, 6.45) is 11.5. The molecule has 1 N–H and O–H groups in total. The van der Waals surface area contributed by atoms with Crippen LogP contribution in [0.3, 0.4) is 0 Å². The van der Waals surface area contributed by atoms with Crippen molar-refractivity contribution in [3.63, 3.8) is 0 Å². The van der Waals surface area contributed by atoms with Gasteiger partial charge in [-0.2, -0.15) is 0 Å². The van der Waals surface area contributed by atoms with E-state index in [4.69, 9.17) is 5.11 Å². The molecule has 13 heavy (non-hydrogen) atoms. The van der Waals surface area contributed by atoms with Crippen LogP contribution in [0.2, 0.25) is 0 Å². The minimum atomic E-state index is 0.283. The summed E-state index contributed by atoms with van der Waals surface area (Å²) in [4.78, 5) is 0. The normalized spacial score (nSPS) is 9.85. The quantitative estimate of drug-likeness (QED) is 0.472. The maximum atomic E-state index is 8.46. The molecule has 0 saturated carbocycles. The monoisotopic (exact) mass is 186 g/mol. The average Bonchev–Trinajstić information content (AvgIpc) is 2.20. The first kappa shape index (κ1) is 15.2. The molecule has 0 aromatic carbocycles. The van der Waals surface area contributed by atoms with Crippen LogP contribution < -0.4 is 0 Å². The van der Waals surface area contributed by atoms with Gasteiger partial charge in [-0.3, -0.25) is 0 Å². The van der Waals surface area contributed by atoms with Crippen LogP contribution in [-0.4, -0.2) is 11.7 Å². The Morgan fingerprint density at radius 1 is 0.923 bits per heavy atom. The average molecular weight is 186 g/mol. The van der Waals surface area contributed by atoms with Crippen LogP contribution in [-0.2, 0) is 0 Å². The van der Waals surface area contributed by atoms with Gasteiger partial charge in [0.2, 0.25) is 0 Å². The van der Waals surface area contributed by atoms with Gasteiger partial charge in [0.1, 0.15) is 0 Å². The van der Waals surface area contributed by atoms with Gasteiger partial charge in [-0.15, -0.1) is 0 Å². The lowest BCUT2D eigenvalue weighted by atomic mass is 10.1. The van der Waals surface area contributed by atoms with E-state index in [2.05, 4.69) is 19.1 Å². The Bertz CT molecular complexity index is 87.1. The number of hydrogen-bond acceptors (Lipinski definition) is 1. The zero-order valence-electron chi connectivity index (χ0n) is 9.55. The fourth-order valence-electron chi connectivity index (χ4n) is 0.999. The standard InChI is InChI=1S/C10H20O.C2H6/c1-2-3-4-5-6-7-8-9-10-11;1-2/h7-8,11H,2-6,9-10H2,1H3;1-2H3/b8-7-;. The number of unbranched alkanes of at least 4 members (excludes halogenated alkanes) is 4. The Morgan fingerprint density at radius 2 is 1.54 bits per heavy atom. The predicted molar refractivity (Wildman–Crippen MR) is 60.9 cm³/mol. The van der Waals surface area contributed by atoms with E-state index >= 15 is 0 Å². The second-order valence-electron chi connectivity index (χ2n) is 2.83. The van der Waals surface area contributed by atoms with Gasteiger partial charge in [0.15, 0.2) is 0 Å². The van der Waals surface area contributed by atoms with E-state index in [1.54, 1.807) is 0 Å². The Balaban J connectivity index is 0. The van der Waals surface area contributed by atoms with Crippen LogP contribution in [0.5, 0.6) is 0 Å². The highest BCUT2D eigenvalue weighted by atomic mass is 16.2. The van der Waals surface area contributed by atoms with Gasteiger partial charge >= 0.3 is 0 Å². The highest BCUT2D eigenvalue weighted by molar-refractivity contribution is 4.80. The van der Waals surface area contributed by atoms with Crippen LogP contribution >= 0.6 is 0 Å². The molecule has 0 aromatic heterocycles. The second kappa shape index (κ2) is 17.7. The van der Waals surface area contributed by atoms with Crippen molar-refractivity contribution in [1.82, 2.24) is 0 Å². The molecule has 0 radical (unpaired) electrons. The highest BCUT2D eigenvalue weighted by Crippen LogP contribution is 2.02. The van der Waals surface area contributed by atoms with Gasteiger partial charge in [0.05, 0.1) is 0 Å². The van der Waals surface area contributed by atoms with Gasteiger partial charge in [-0.1, -0.05) is 52.2 Å². The van der Waals surface area contributed by atoms with Crippen molar-refractivity contribution in [2.24, 2.45) is 0 Å². The van der Waals surface area contributed by atoms with Crippen molar-refractivity contribution in [2.75, 3.05) is 6.61 Å². The minimum absolute atomic E-state index is 0.283. The van der Waals surface area contributed by atoms with Crippen molar-refractivity contribution >= 4 is 0 Å². The van der Waals surface area contributed by atoms with Gasteiger partial charge in [0, 0.05) is 6.61 Å². The molecule has 0 aliphatic rings. The number of allylic oxidation sites excluding steroid dienone is 1. The van der Waals surface area contributed by atoms with Crippen LogP contribution in [0.1, 0.15) is 59.3 Å². The van der Waals surface area contributed by atoms with E-state index < -0.39 is 0 Å². The van der Waals surface area contributed by atoms with Crippen molar-refractivity contribution in [2.45, 2.75) is 59.3 Å². The largest absolute Gasteiger partial charge is 0.396 e. The molecule has 1 heteroatoms. The van der Waals surface area contributed by atoms with E-state index in [1.807, 2.05) is 13.8 Å². The first-order valence-electron chi connectivity index (χ1n) is 5.67. The Kier molecular flexibility index (Phi) is 20.7. The third-order valence-corrected chi connectivity index (χ3v) is 1.69. The van der Waals surface area contributed by atoms with E-state index in [-0.39, 0.29) is 6.61 Å². The van der Waals surface area contributed by atoms with E-state index in [1.165, 1.54) is 32.1 Å². The van der Waals surface area contributed by atoms with Crippen molar-refractivity contribution in [3.8, 4) is 0 Å². The smallest absolute Gasteiger partial charge is 0.0465 e. The SMILES string of the molecule is CC.CCCCCC/C=C\CCO. The third kappa shape index (κ3) is 18.6. The van der Waals surface area contributed by atoms with Gasteiger partial charge in [0.25, 0.3) is 0 Å². The molecule has 80 valence electrons. The Morgan fingerprint density at radius 3 is 2.08 bits per heavy atom. The minimum Gasteiger partial charge on any atom is -0.396 e.